The van der Waals surface area contributed by atoms with Gasteiger partial charge in [-0.2, -0.15) is 0 Å². The van der Waals surface area contributed by atoms with E-state index in [-0.39, 0.29) is 0 Å². The molecule has 1 aromatic heterocycles. The first-order valence-electron chi connectivity index (χ1n) is 6.65. The number of hydrogen-bond donors (Lipinski definition) is 2. The van der Waals surface area contributed by atoms with Crippen LogP contribution in [0.2, 0.25) is 0 Å². The summed E-state index contributed by atoms with van der Waals surface area (Å²) in [5.74, 6) is 0.796. The van der Waals surface area contributed by atoms with Crippen molar-refractivity contribution < 1.29 is 14.9 Å². The third kappa shape index (κ3) is 3.65. The first-order valence-corrected chi connectivity index (χ1v) is 6.65. The minimum Gasteiger partial charge on any atom is -0.389 e. The van der Waals surface area contributed by atoms with Gasteiger partial charge in [0.05, 0.1) is 11.7 Å². The number of ether oxygens (including phenoxy) is 1. The van der Waals surface area contributed by atoms with Crippen LogP contribution in [-0.2, 0) is 4.74 Å². The van der Waals surface area contributed by atoms with Gasteiger partial charge in [-0.1, -0.05) is 6.07 Å². The van der Waals surface area contributed by atoms with Crippen LogP contribution >= 0.6 is 0 Å². The molecule has 0 aliphatic carbocycles. The molecule has 0 aromatic carbocycles. The van der Waals surface area contributed by atoms with E-state index in [0.29, 0.717) is 32.6 Å². The maximum atomic E-state index is 10.5. The molecule has 1 atom stereocenters. The lowest BCUT2D eigenvalue weighted by atomic mass is 9.94. The van der Waals surface area contributed by atoms with E-state index in [4.69, 9.17) is 4.74 Å². The zero-order valence-corrected chi connectivity index (χ0v) is 11.5. The summed E-state index contributed by atoms with van der Waals surface area (Å²) < 4.78 is 5.27. The standard InChI is InChI=1S/C14H22N2O3/c1-11(17)12-3-4-13(15-9-12)16(2)10-14(18)5-7-19-8-6-14/h3-4,9,11,17-18H,5-8,10H2,1-2H3/t11-/m0/s1. The minimum atomic E-state index is -0.697. The molecule has 0 spiro atoms. The Hall–Kier alpha value is -1.17. The molecule has 0 unspecified atom stereocenters. The molecule has 106 valence electrons. The first-order chi connectivity index (χ1) is 9.00. The van der Waals surface area contributed by atoms with Gasteiger partial charge < -0.3 is 19.8 Å². The molecule has 1 fully saturated rings. The number of aliphatic hydroxyl groups is 2. The lowest BCUT2D eigenvalue weighted by molar-refractivity contribution is -0.0573. The van der Waals surface area contributed by atoms with Crippen molar-refractivity contribution in [3.8, 4) is 0 Å². The van der Waals surface area contributed by atoms with Crippen molar-refractivity contribution in [2.75, 3.05) is 31.7 Å². The Balaban J connectivity index is 2.00. The Morgan fingerprint density at radius 3 is 2.63 bits per heavy atom. The third-order valence-electron chi connectivity index (χ3n) is 3.60. The molecular formula is C14H22N2O3. The van der Waals surface area contributed by atoms with E-state index in [1.807, 2.05) is 24.1 Å². The van der Waals surface area contributed by atoms with Crippen molar-refractivity contribution >= 4 is 5.82 Å². The lowest BCUT2D eigenvalue weighted by Gasteiger charge is -2.35. The number of aliphatic hydroxyl groups excluding tert-OH is 1. The maximum Gasteiger partial charge on any atom is 0.128 e. The second-order valence-corrected chi connectivity index (χ2v) is 5.32. The molecule has 5 heteroatoms. The second kappa shape index (κ2) is 5.86. The Morgan fingerprint density at radius 2 is 2.11 bits per heavy atom. The minimum absolute atomic E-state index is 0.508. The molecule has 1 aromatic rings. The quantitative estimate of drug-likeness (QED) is 0.854. The van der Waals surface area contributed by atoms with Gasteiger partial charge in [0.1, 0.15) is 5.82 Å². The van der Waals surface area contributed by atoms with Gasteiger partial charge in [0, 0.05) is 45.8 Å². The van der Waals surface area contributed by atoms with E-state index < -0.39 is 11.7 Å². The predicted molar refractivity (Wildman–Crippen MR) is 73.1 cm³/mol. The summed E-state index contributed by atoms with van der Waals surface area (Å²) in [5.41, 5.74) is 0.0966. The SMILES string of the molecule is C[C@H](O)c1ccc(N(C)CC2(O)CCOCC2)nc1. The van der Waals surface area contributed by atoms with E-state index >= 15 is 0 Å². The zero-order chi connectivity index (χ0) is 13.9. The molecule has 0 amide bonds. The van der Waals surface area contributed by atoms with E-state index in [2.05, 4.69) is 4.98 Å². The fraction of sp³-hybridized carbons (Fsp3) is 0.643. The average Bonchev–Trinajstić information content (AvgIpc) is 2.39. The number of aromatic nitrogens is 1. The number of anilines is 1. The van der Waals surface area contributed by atoms with Crippen LogP contribution in [0.1, 0.15) is 31.4 Å². The van der Waals surface area contributed by atoms with Gasteiger partial charge in [0.25, 0.3) is 0 Å². The Kier molecular flexibility index (Phi) is 4.39. The van der Waals surface area contributed by atoms with Gasteiger partial charge in [-0.25, -0.2) is 4.98 Å². The largest absolute Gasteiger partial charge is 0.389 e. The smallest absolute Gasteiger partial charge is 0.128 e. The van der Waals surface area contributed by atoms with Crippen molar-refractivity contribution in [1.29, 1.82) is 0 Å². The van der Waals surface area contributed by atoms with Crippen LogP contribution in [0.4, 0.5) is 5.82 Å². The van der Waals surface area contributed by atoms with Crippen molar-refractivity contribution in [2.45, 2.75) is 31.5 Å². The highest BCUT2D eigenvalue weighted by atomic mass is 16.5. The Bertz CT molecular complexity index is 400. The van der Waals surface area contributed by atoms with Gasteiger partial charge in [0.2, 0.25) is 0 Å². The van der Waals surface area contributed by atoms with Crippen molar-refractivity contribution in [1.82, 2.24) is 4.98 Å². The van der Waals surface area contributed by atoms with E-state index in [0.717, 1.165) is 11.4 Å². The summed E-state index contributed by atoms with van der Waals surface area (Å²) in [5, 5.41) is 19.9. The topological polar surface area (TPSA) is 65.8 Å². The molecule has 19 heavy (non-hydrogen) atoms. The molecule has 0 radical (unpaired) electrons. The average molecular weight is 266 g/mol. The number of nitrogens with zero attached hydrogens (tertiary/aromatic N) is 2. The lowest BCUT2D eigenvalue weighted by Crippen LogP contribution is -2.46. The van der Waals surface area contributed by atoms with Crippen LogP contribution in [0, 0.1) is 0 Å². The summed E-state index contributed by atoms with van der Waals surface area (Å²) in [6.45, 7) is 3.47. The van der Waals surface area contributed by atoms with Crippen LogP contribution in [-0.4, -0.2) is 47.6 Å². The summed E-state index contributed by atoms with van der Waals surface area (Å²) in [4.78, 5) is 6.26. The van der Waals surface area contributed by atoms with Crippen molar-refractivity contribution in [3.05, 3.63) is 23.9 Å². The molecule has 0 saturated carbocycles. The maximum absolute atomic E-state index is 10.5. The third-order valence-corrected chi connectivity index (χ3v) is 3.60. The van der Waals surface area contributed by atoms with Gasteiger partial charge in [-0.15, -0.1) is 0 Å². The highest BCUT2D eigenvalue weighted by Crippen LogP contribution is 2.23. The molecular weight excluding hydrogens is 244 g/mol. The van der Waals surface area contributed by atoms with Crippen molar-refractivity contribution in [2.24, 2.45) is 0 Å². The fourth-order valence-electron chi connectivity index (χ4n) is 2.30. The van der Waals surface area contributed by atoms with E-state index in [9.17, 15) is 10.2 Å². The van der Waals surface area contributed by atoms with Crippen LogP contribution < -0.4 is 4.90 Å². The number of pyridine rings is 1. The van der Waals surface area contributed by atoms with Crippen molar-refractivity contribution in [3.63, 3.8) is 0 Å². The summed E-state index contributed by atoms with van der Waals surface area (Å²) in [6.07, 6.45) is 2.48. The summed E-state index contributed by atoms with van der Waals surface area (Å²) in [7, 11) is 1.91. The highest BCUT2D eigenvalue weighted by Gasteiger charge is 2.31. The first kappa shape index (κ1) is 14.2. The van der Waals surface area contributed by atoms with Gasteiger partial charge in [-0.3, -0.25) is 0 Å². The van der Waals surface area contributed by atoms with E-state index in [1.54, 1.807) is 13.1 Å². The summed E-state index contributed by atoms with van der Waals surface area (Å²) >= 11 is 0. The molecule has 0 bridgehead atoms. The zero-order valence-electron chi connectivity index (χ0n) is 11.5. The number of rotatable bonds is 4. The molecule has 2 N–H and O–H groups in total. The summed E-state index contributed by atoms with van der Waals surface area (Å²) in [6, 6.07) is 3.72. The Morgan fingerprint density at radius 1 is 1.42 bits per heavy atom. The molecule has 1 saturated heterocycles. The van der Waals surface area contributed by atoms with Gasteiger partial charge in [0.15, 0.2) is 0 Å². The molecule has 2 heterocycles. The highest BCUT2D eigenvalue weighted by molar-refractivity contribution is 5.39. The predicted octanol–water partition coefficient (Wildman–Crippen LogP) is 1.11. The molecule has 1 aliphatic rings. The fourth-order valence-corrected chi connectivity index (χ4v) is 2.30. The van der Waals surface area contributed by atoms with Gasteiger partial charge in [-0.05, 0) is 18.6 Å². The normalized spacial score (nSPS) is 20.0. The van der Waals surface area contributed by atoms with Crippen LogP contribution in [0.15, 0.2) is 18.3 Å². The van der Waals surface area contributed by atoms with Crippen LogP contribution in [0.5, 0.6) is 0 Å². The monoisotopic (exact) mass is 266 g/mol. The second-order valence-electron chi connectivity index (χ2n) is 5.32. The Labute approximate surface area is 113 Å². The molecule has 2 rings (SSSR count). The van der Waals surface area contributed by atoms with Gasteiger partial charge >= 0.3 is 0 Å². The van der Waals surface area contributed by atoms with Crippen LogP contribution in [0.25, 0.3) is 0 Å². The molecule has 5 nitrogen and oxygen atoms in total. The number of hydrogen-bond acceptors (Lipinski definition) is 5. The molecule has 1 aliphatic heterocycles. The van der Waals surface area contributed by atoms with E-state index in [1.165, 1.54) is 0 Å². The van der Waals surface area contributed by atoms with Crippen LogP contribution in [0.3, 0.4) is 0 Å². The number of likely N-dealkylation sites (N-methyl/N-ethyl adjacent to an activating group) is 1.